The summed E-state index contributed by atoms with van der Waals surface area (Å²) in [5.41, 5.74) is 0.283. The number of hydrogen-bond donors (Lipinski definition) is 2. The zero-order valence-corrected chi connectivity index (χ0v) is 11.0. The Labute approximate surface area is 113 Å². The van der Waals surface area contributed by atoms with E-state index in [0.29, 0.717) is 12.0 Å². The summed E-state index contributed by atoms with van der Waals surface area (Å²) in [7, 11) is 0. The van der Waals surface area contributed by atoms with Crippen LogP contribution in [-0.2, 0) is 6.42 Å². The molecule has 1 aromatic heterocycles. The predicted octanol–water partition coefficient (Wildman–Crippen LogP) is 2.89. The number of H-pyrrole nitrogens is 1. The number of benzene rings is 1. The van der Waals surface area contributed by atoms with E-state index in [1.54, 1.807) is 0 Å². The average molecular weight is 283 g/mol. The topological polar surface area (TPSA) is 66.0 Å². The van der Waals surface area contributed by atoms with Crippen molar-refractivity contribution in [2.75, 3.05) is 0 Å². The summed E-state index contributed by atoms with van der Waals surface area (Å²) < 4.78 is 13.1. The van der Waals surface area contributed by atoms with Gasteiger partial charge in [0.15, 0.2) is 0 Å². The third-order valence-electron chi connectivity index (χ3n) is 2.69. The van der Waals surface area contributed by atoms with Crippen LogP contribution in [0.5, 0.6) is 5.88 Å². The maximum Gasteiger partial charge on any atom is 0.258 e. The van der Waals surface area contributed by atoms with Gasteiger partial charge < -0.3 is 10.1 Å². The van der Waals surface area contributed by atoms with Crippen LogP contribution >= 0.6 is 11.6 Å². The molecule has 19 heavy (non-hydrogen) atoms. The van der Waals surface area contributed by atoms with Crippen molar-refractivity contribution in [2.45, 2.75) is 19.8 Å². The van der Waals surface area contributed by atoms with Crippen molar-refractivity contribution in [3.05, 3.63) is 45.0 Å². The van der Waals surface area contributed by atoms with Crippen LogP contribution in [0.4, 0.5) is 4.39 Å². The van der Waals surface area contributed by atoms with E-state index in [2.05, 4.69) is 9.97 Å². The largest absolute Gasteiger partial charge is 0.493 e. The first-order valence-electron chi connectivity index (χ1n) is 5.80. The van der Waals surface area contributed by atoms with E-state index in [9.17, 15) is 14.3 Å². The lowest BCUT2D eigenvalue weighted by Crippen LogP contribution is -2.15. The van der Waals surface area contributed by atoms with Gasteiger partial charge in [0.25, 0.3) is 5.56 Å². The molecule has 0 unspecified atom stereocenters. The number of rotatable bonds is 3. The number of aromatic nitrogens is 2. The maximum absolute atomic E-state index is 13.1. The molecule has 2 N–H and O–H groups in total. The van der Waals surface area contributed by atoms with Gasteiger partial charge in [-0.25, -0.2) is 4.39 Å². The summed E-state index contributed by atoms with van der Waals surface area (Å²) >= 11 is 5.67. The molecule has 1 heterocycles. The van der Waals surface area contributed by atoms with Crippen LogP contribution in [-0.4, -0.2) is 15.1 Å². The van der Waals surface area contributed by atoms with E-state index in [0.717, 1.165) is 6.42 Å². The third kappa shape index (κ3) is 2.76. The van der Waals surface area contributed by atoms with Gasteiger partial charge in [0.05, 0.1) is 10.6 Å². The first-order valence-corrected chi connectivity index (χ1v) is 6.18. The standard InChI is InChI=1S/C13H12ClFN2O2/c1-2-3-8-12(18)16-11(17-13(8)19)7-4-5-10(15)9(14)6-7/h4-6H,2-3H2,1H3,(H2,16,17,18,19). The van der Waals surface area contributed by atoms with Gasteiger partial charge in [-0.15, -0.1) is 0 Å². The molecule has 1 aromatic carbocycles. The molecule has 0 bridgehead atoms. The lowest BCUT2D eigenvalue weighted by atomic mass is 10.1. The van der Waals surface area contributed by atoms with Crippen LogP contribution in [0.2, 0.25) is 5.02 Å². The van der Waals surface area contributed by atoms with Gasteiger partial charge in [-0.1, -0.05) is 24.9 Å². The first-order chi connectivity index (χ1) is 9.02. The Morgan fingerprint density at radius 3 is 2.79 bits per heavy atom. The fraction of sp³-hybridized carbons (Fsp3) is 0.231. The van der Waals surface area contributed by atoms with Crippen LogP contribution in [0.3, 0.4) is 0 Å². The summed E-state index contributed by atoms with van der Waals surface area (Å²) in [6, 6.07) is 3.95. The lowest BCUT2D eigenvalue weighted by molar-refractivity contribution is 0.443. The number of nitrogens with zero attached hydrogens (tertiary/aromatic N) is 1. The van der Waals surface area contributed by atoms with Crippen molar-refractivity contribution in [1.29, 1.82) is 0 Å². The van der Waals surface area contributed by atoms with Crippen LogP contribution in [0.1, 0.15) is 18.9 Å². The van der Waals surface area contributed by atoms with Gasteiger partial charge in [0.1, 0.15) is 11.6 Å². The van der Waals surface area contributed by atoms with Crippen LogP contribution < -0.4 is 5.56 Å². The molecule has 0 spiro atoms. The number of aromatic hydroxyl groups is 1. The van der Waals surface area contributed by atoms with Gasteiger partial charge >= 0.3 is 0 Å². The highest BCUT2D eigenvalue weighted by atomic mass is 35.5. The van der Waals surface area contributed by atoms with Crippen molar-refractivity contribution >= 4 is 11.6 Å². The van der Waals surface area contributed by atoms with E-state index < -0.39 is 11.4 Å². The fourth-order valence-electron chi connectivity index (χ4n) is 1.74. The molecule has 100 valence electrons. The lowest BCUT2D eigenvalue weighted by Gasteiger charge is -2.06. The first kappa shape index (κ1) is 13.5. The van der Waals surface area contributed by atoms with E-state index in [4.69, 9.17) is 11.6 Å². The molecule has 0 amide bonds. The molecule has 0 aliphatic rings. The molecule has 4 nitrogen and oxygen atoms in total. The minimum absolute atomic E-state index is 0.0720. The second kappa shape index (κ2) is 5.40. The summed E-state index contributed by atoms with van der Waals surface area (Å²) in [6.45, 7) is 1.90. The van der Waals surface area contributed by atoms with Gasteiger partial charge in [-0.3, -0.25) is 4.79 Å². The quantitative estimate of drug-likeness (QED) is 0.910. The van der Waals surface area contributed by atoms with Crippen molar-refractivity contribution in [3.63, 3.8) is 0 Å². The van der Waals surface area contributed by atoms with Gasteiger partial charge in [0, 0.05) is 5.56 Å². The van der Waals surface area contributed by atoms with Crippen molar-refractivity contribution in [3.8, 4) is 17.3 Å². The van der Waals surface area contributed by atoms with Crippen molar-refractivity contribution in [1.82, 2.24) is 9.97 Å². The molecular weight excluding hydrogens is 271 g/mol. The Morgan fingerprint density at radius 2 is 2.21 bits per heavy atom. The normalized spacial score (nSPS) is 10.7. The van der Waals surface area contributed by atoms with Gasteiger partial charge in [0.2, 0.25) is 5.88 Å². The minimum atomic E-state index is -0.556. The smallest absolute Gasteiger partial charge is 0.258 e. The highest BCUT2D eigenvalue weighted by molar-refractivity contribution is 6.31. The molecule has 0 aliphatic heterocycles. The predicted molar refractivity (Wildman–Crippen MR) is 70.9 cm³/mol. The number of hydrogen-bond acceptors (Lipinski definition) is 3. The zero-order chi connectivity index (χ0) is 14.0. The Bertz CT molecular complexity index is 670. The Kier molecular flexibility index (Phi) is 3.85. The third-order valence-corrected chi connectivity index (χ3v) is 2.98. The molecule has 0 fully saturated rings. The van der Waals surface area contributed by atoms with Crippen molar-refractivity contribution < 1.29 is 9.50 Å². The Morgan fingerprint density at radius 1 is 1.47 bits per heavy atom. The second-order valence-corrected chi connectivity index (χ2v) is 4.50. The minimum Gasteiger partial charge on any atom is -0.493 e. The van der Waals surface area contributed by atoms with Crippen LogP contribution in [0.25, 0.3) is 11.4 Å². The molecule has 6 heteroatoms. The monoisotopic (exact) mass is 282 g/mol. The molecule has 0 radical (unpaired) electrons. The Hall–Kier alpha value is -1.88. The average Bonchev–Trinajstić information content (AvgIpc) is 2.37. The van der Waals surface area contributed by atoms with Crippen LogP contribution in [0.15, 0.2) is 23.0 Å². The van der Waals surface area contributed by atoms with E-state index >= 15 is 0 Å². The van der Waals surface area contributed by atoms with Crippen LogP contribution in [0, 0.1) is 5.82 Å². The molecule has 0 aliphatic carbocycles. The molecule has 2 aromatic rings. The van der Waals surface area contributed by atoms with E-state index in [1.807, 2.05) is 6.92 Å². The summed E-state index contributed by atoms with van der Waals surface area (Å²) in [4.78, 5) is 18.3. The van der Waals surface area contributed by atoms with Gasteiger partial charge in [-0.05, 0) is 24.6 Å². The number of aromatic amines is 1. The highest BCUT2D eigenvalue weighted by Crippen LogP contribution is 2.23. The SMILES string of the molecule is CCCc1c(O)nc(-c2ccc(F)c(Cl)c2)[nH]c1=O. The maximum atomic E-state index is 13.1. The van der Waals surface area contributed by atoms with E-state index in [1.165, 1.54) is 18.2 Å². The number of nitrogens with one attached hydrogen (secondary N) is 1. The number of halogens is 2. The van der Waals surface area contributed by atoms with E-state index in [-0.39, 0.29) is 22.3 Å². The molecule has 0 atom stereocenters. The molecular formula is C13H12ClFN2O2. The Balaban J connectivity index is 2.52. The van der Waals surface area contributed by atoms with Gasteiger partial charge in [-0.2, -0.15) is 4.98 Å². The summed E-state index contributed by atoms with van der Waals surface area (Å²) in [5, 5.41) is 9.68. The summed E-state index contributed by atoms with van der Waals surface area (Å²) in [5.74, 6) is -0.704. The summed E-state index contributed by atoms with van der Waals surface area (Å²) in [6.07, 6.45) is 1.17. The molecule has 0 saturated heterocycles. The molecule has 0 saturated carbocycles. The highest BCUT2D eigenvalue weighted by Gasteiger charge is 2.12. The fourth-order valence-corrected chi connectivity index (χ4v) is 1.92. The van der Waals surface area contributed by atoms with Crippen molar-refractivity contribution in [2.24, 2.45) is 0 Å². The molecule has 2 rings (SSSR count). The zero-order valence-electron chi connectivity index (χ0n) is 10.2. The second-order valence-electron chi connectivity index (χ2n) is 4.10.